The zero-order valence-corrected chi connectivity index (χ0v) is 6.86. The molecule has 0 spiro atoms. The van der Waals surface area contributed by atoms with E-state index in [2.05, 4.69) is 5.32 Å². The smallest absolute Gasteiger partial charge is 0.321 e. The summed E-state index contributed by atoms with van der Waals surface area (Å²) in [6.07, 6.45) is 0. The molecule has 10 heavy (non-hydrogen) atoms. The van der Waals surface area contributed by atoms with Crippen LogP contribution in [0.2, 0.25) is 0 Å². The normalized spacial score (nSPS) is 28.0. The number of nitrogens with one attached hydrogen (secondary N) is 1. The molecule has 0 bridgehead atoms. The van der Waals surface area contributed by atoms with Crippen molar-refractivity contribution in [2.24, 2.45) is 5.41 Å². The van der Waals surface area contributed by atoms with Crippen molar-refractivity contribution in [3.8, 4) is 0 Å². The summed E-state index contributed by atoms with van der Waals surface area (Å²) >= 11 is 0. The summed E-state index contributed by atoms with van der Waals surface area (Å²) in [6, 6.07) is -0.336. The Labute approximate surface area is 66.2 Å². The summed E-state index contributed by atoms with van der Waals surface area (Å²) < 4.78 is 0. The van der Waals surface area contributed by atoms with Crippen LogP contribution < -0.4 is 5.32 Å². The first-order chi connectivity index (χ1) is 4.04. The maximum atomic E-state index is 10.3. The summed E-state index contributed by atoms with van der Waals surface area (Å²) in [4.78, 5) is 10.3. The van der Waals surface area contributed by atoms with E-state index in [-0.39, 0.29) is 23.9 Å². The Hall–Kier alpha value is -0.280. The first kappa shape index (κ1) is 9.72. The minimum Gasteiger partial charge on any atom is -0.480 e. The van der Waals surface area contributed by atoms with Crippen LogP contribution in [-0.4, -0.2) is 23.7 Å². The van der Waals surface area contributed by atoms with Crippen LogP contribution >= 0.6 is 12.4 Å². The summed E-state index contributed by atoms with van der Waals surface area (Å²) in [5.41, 5.74) is -0.0498. The van der Waals surface area contributed by atoms with Crippen molar-refractivity contribution in [1.29, 1.82) is 0 Å². The molecule has 1 aliphatic rings. The molecule has 1 heterocycles. The molecule has 0 aliphatic carbocycles. The predicted molar refractivity (Wildman–Crippen MR) is 40.5 cm³/mol. The number of carboxylic acids is 1. The maximum absolute atomic E-state index is 10.3. The van der Waals surface area contributed by atoms with Crippen molar-refractivity contribution in [3.63, 3.8) is 0 Å². The summed E-state index contributed by atoms with van der Waals surface area (Å²) in [5, 5.41) is 11.3. The molecular formula is C6H12ClNO2. The molecule has 0 aromatic heterocycles. The third kappa shape index (κ3) is 1.41. The average Bonchev–Trinajstić information content (AvgIpc) is 1.62. The van der Waals surface area contributed by atoms with Gasteiger partial charge in [0.15, 0.2) is 0 Å². The molecule has 0 saturated carbocycles. The van der Waals surface area contributed by atoms with Gasteiger partial charge in [-0.25, -0.2) is 0 Å². The van der Waals surface area contributed by atoms with E-state index in [9.17, 15) is 4.79 Å². The number of hydrogen-bond acceptors (Lipinski definition) is 2. The third-order valence-corrected chi connectivity index (χ3v) is 1.79. The predicted octanol–water partition coefficient (Wildman–Crippen LogP) is 0.491. The van der Waals surface area contributed by atoms with E-state index in [0.29, 0.717) is 0 Å². The van der Waals surface area contributed by atoms with Gasteiger partial charge in [-0.2, -0.15) is 0 Å². The second-order valence-corrected chi connectivity index (χ2v) is 3.14. The standard InChI is InChI=1S/C6H11NO2.ClH/c1-6(2)3-7-4(6)5(8)9;/h4,7H,3H2,1-2H3,(H,8,9);1H/t4-;/m0./s1. The van der Waals surface area contributed by atoms with Crippen LogP contribution in [-0.2, 0) is 4.79 Å². The second-order valence-electron chi connectivity index (χ2n) is 3.14. The first-order valence-corrected chi connectivity index (χ1v) is 3.00. The number of rotatable bonds is 1. The van der Waals surface area contributed by atoms with Crippen LogP contribution in [0, 0.1) is 5.41 Å². The summed E-state index contributed by atoms with van der Waals surface area (Å²) in [7, 11) is 0. The minimum absolute atomic E-state index is 0. The molecule has 0 amide bonds. The maximum Gasteiger partial charge on any atom is 0.321 e. The van der Waals surface area contributed by atoms with Crippen LogP contribution in [0.15, 0.2) is 0 Å². The van der Waals surface area contributed by atoms with E-state index in [0.717, 1.165) is 6.54 Å². The van der Waals surface area contributed by atoms with Gasteiger partial charge in [0.1, 0.15) is 6.04 Å². The molecule has 1 aliphatic heterocycles. The zero-order valence-electron chi connectivity index (χ0n) is 6.05. The van der Waals surface area contributed by atoms with E-state index in [4.69, 9.17) is 5.11 Å². The van der Waals surface area contributed by atoms with Gasteiger partial charge in [0.05, 0.1) is 0 Å². The fraction of sp³-hybridized carbons (Fsp3) is 0.833. The molecule has 0 unspecified atom stereocenters. The van der Waals surface area contributed by atoms with Gasteiger partial charge >= 0.3 is 5.97 Å². The molecule has 60 valence electrons. The van der Waals surface area contributed by atoms with Gasteiger partial charge in [-0.05, 0) is 0 Å². The Morgan fingerprint density at radius 1 is 1.70 bits per heavy atom. The highest BCUT2D eigenvalue weighted by atomic mass is 35.5. The molecule has 4 heteroatoms. The Morgan fingerprint density at radius 2 is 2.20 bits per heavy atom. The van der Waals surface area contributed by atoms with Crippen molar-refractivity contribution >= 4 is 18.4 Å². The van der Waals surface area contributed by atoms with Gasteiger partial charge in [0.25, 0.3) is 0 Å². The van der Waals surface area contributed by atoms with Gasteiger partial charge in [-0.3, -0.25) is 4.79 Å². The highest BCUT2D eigenvalue weighted by molar-refractivity contribution is 5.85. The van der Waals surface area contributed by atoms with E-state index in [1.54, 1.807) is 0 Å². The lowest BCUT2D eigenvalue weighted by molar-refractivity contribution is -0.146. The number of aliphatic carboxylic acids is 1. The molecular weight excluding hydrogens is 154 g/mol. The van der Waals surface area contributed by atoms with Crippen molar-refractivity contribution in [1.82, 2.24) is 5.32 Å². The average molecular weight is 166 g/mol. The molecule has 1 rings (SSSR count). The summed E-state index contributed by atoms with van der Waals surface area (Å²) in [6.45, 7) is 4.70. The van der Waals surface area contributed by atoms with Gasteiger partial charge in [0, 0.05) is 12.0 Å². The van der Waals surface area contributed by atoms with Crippen LogP contribution in [0.5, 0.6) is 0 Å². The lowest BCUT2D eigenvalue weighted by atomic mass is 9.77. The lowest BCUT2D eigenvalue weighted by Crippen LogP contribution is -2.63. The highest BCUT2D eigenvalue weighted by Crippen LogP contribution is 2.27. The SMILES string of the molecule is CC1(C)CN[C@H]1C(=O)O.Cl. The van der Waals surface area contributed by atoms with Crippen molar-refractivity contribution in [3.05, 3.63) is 0 Å². The van der Waals surface area contributed by atoms with Gasteiger partial charge in [-0.1, -0.05) is 13.8 Å². The number of halogens is 1. The number of carboxylic acid groups (broad SMARTS) is 1. The Balaban J connectivity index is 0.000000810. The van der Waals surface area contributed by atoms with Crippen molar-refractivity contribution < 1.29 is 9.90 Å². The molecule has 0 aromatic rings. The van der Waals surface area contributed by atoms with Crippen molar-refractivity contribution in [2.75, 3.05) is 6.54 Å². The van der Waals surface area contributed by atoms with Crippen molar-refractivity contribution in [2.45, 2.75) is 19.9 Å². The molecule has 1 fully saturated rings. The van der Waals surface area contributed by atoms with E-state index in [1.807, 2.05) is 13.8 Å². The van der Waals surface area contributed by atoms with E-state index >= 15 is 0 Å². The molecule has 3 nitrogen and oxygen atoms in total. The highest BCUT2D eigenvalue weighted by Gasteiger charge is 2.42. The second kappa shape index (κ2) is 2.76. The lowest BCUT2D eigenvalue weighted by Gasteiger charge is -2.42. The zero-order chi connectivity index (χ0) is 7.07. The van der Waals surface area contributed by atoms with E-state index in [1.165, 1.54) is 0 Å². The van der Waals surface area contributed by atoms with Crippen LogP contribution in [0.4, 0.5) is 0 Å². The molecule has 0 radical (unpaired) electrons. The van der Waals surface area contributed by atoms with Gasteiger partial charge in [-0.15, -0.1) is 12.4 Å². The van der Waals surface area contributed by atoms with Crippen LogP contribution in [0.1, 0.15) is 13.8 Å². The van der Waals surface area contributed by atoms with Gasteiger partial charge < -0.3 is 10.4 Å². The Bertz CT molecular complexity index is 147. The largest absolute Gasteiger partial charge is 0.480 e. The summed E-state index contributed by atoms with van der Waals surface area (Å²) in [5.74, 6) is -0.744. The Kier molecular flexibility index (Phi) is 2.68. The van der Waals surface area contributed by atoms with Crippen LogP contribution in [0.25, 0.3) is 0 Å². The quantitative estimate of drug-likeness (QED) is 0.595. The molecule has 1 atom stereocenters. The Morgan fingerprint density at radius 3 is 2.20 bits per heavy atom. The third-order valence-electron chi connectivity index (χ3n) is 1.79. The fourth-order valence-electron chi connectivity index (χ4n) is 1.03. The molecule has 2 N–H and O–H groups in total. The van der Waals surface area contributed by atoms with Crippen LogP contribution in [0.3, 0.4) is 0 Å². The monoisotopic (exact) mass is 165 g/mol. The number of carbonyl (C=O) groups is 1. The fourth-order valence-corrected chi connectivity index (χ4v) is 1.03. The number of hydrogen-bond donors (Lipinski definition) is 2. The molecule has 0 aromatic carbocycles. The molecule has 1 saturated heterocycles. The van der Waals surface area contributed by atoms with E-state index < -0.39 is 5.97 Å². The van der Waals surface area contributed by atoms with Gasteiger partial charge in [0.2, 0.25) is 0 Å². The topological polar surface area (TPSA) is 49.3 Å². The first-order valence-electron chi connectivity index (χ1n) is 3.00. The minimum atomic E-state index is -0.744.